The second kappa shape index (κ2) is 101. The molecule has 0 aliphatic carbocycles. The molecule has 0 fully saturated rings. The van der Waals surface area contributed by atoms with Gasteiger partial charge in [-0.15, -0.1) is 125 Å². The Morgan fingerprint density at radius 2 is 0.281 bits per heavy atom. The minimum absolute atomic E-state index is 0. The molecule has 26 unspecified atom stereocenters. The average Bonchev–Trinajstić information content (AvgIpc) is 0.839. The molecule has 26 atom stereocenters. The van der Waals surface area contributed by atoms with Crippen molar-refractivity contribution in [2.45, 2.75) is 0 Å². The molecule has 0 aromatic rings. The fraction of sp³-hybridized carbons (Fsp3) is 0. The van der Waals surface area contributed by atoms with E-state index < -0.39 is 162 Å². The van der Waals surface area contributed by atoms with Gasteiger partial charge in [0.15, 0.2) is 0 Å². The monoisotopic (exact) mass is 2920 g/mol. The Balaban J connectivity index is -0.0000000423. The molecule has 0 rings (SSSR count). The summed E-state index contributed by atoms with van der Waals surface area (Å²) in [5, 5.41) is 0. The van der Waals surface area contributed by atoms with Gasteiger partial charge in [0.2, 0.25) is 0 Å². The molecule has 0 spiro atoms. The predicted octanol–water partition coefficient (Wildman–Crippen LogP) is 9.62. The van der Waals surface area contributed by atoms with Crippen LogP contribution < -0.4 is 0 Å². The quantitative estimate of drug-likeness (QED) is 0.0272. The number of rotatable bonds is 33. The SMILES string of the molecule is C=CP(=O)(O)O.C=CP(=O)(O)OP(=O)(O)C=C.C=CP(=O)(O)OP(=O)(O)O.C=CP(=O)(O)OP(=O)(O)OP(=O)(O)C=C.C=CP(=O)(O)OP(=O)(O)OP(=O)(O)O.C=CP(=O)(O)OP(=O)(O)OP(=O)(O)OP(=O)(O)O.O.O=P(O)(O)O.O=P(O)(O)OP(=O)(O)O.O=P(O)(O)OP(=O)(O)OP(=O)(O)O.PP.PP.PP.PPP.PPP.PPP.PPPP.[V].[V].[V].[V].[V].[V].[V]. The maximum atomic E-state index is 11.0. The van der Waals surface area contributed by atoms with E-state index in [2.05, 4.69) is 229 Å². The van der Waals surface area contributed by atoms with E-state index in [1.165, 1.54) is 0 Å². The van der Waals surface area contributed by atoms with Crippen LogP contribution in [0.3, 0.4) is 0 Å². The van der Waals surface area contributed by atoms with E-state index in [0.29, 0.717) is 40.7 Å². The van der Waals surface area contributed by atoms with Gasteiger partial charge < -0.3 is 157 Å². The van der Waals surface area contributed by atoms with Crippen LogP contribution in [0.1, 0.15) is 0 Å². The molecule has 0 heterocycles. The molecule has 0 aliphatic rings. The molecule has 0 bridgehead atoms. The minimum Gasteiger partial charge on any atom is -0.412 e. The third kappa shape index (κ3) is 219. The van der Waals surface area contributed by atoms with Crippen molar-refractivity contribution in [3.05, 3.63) is 99.2 Å². The van der Waals surface area contributed by atoms with Crippen LogP contribution in [0.25, 0.3) is 0 Å². The van der Waals surface area contributed by atoms with Gasteiger partial charge in [-0.2, -0.15) is 25.9 Å². The van der Waals surface area contributed by atoms with Gasteiger partial charge in [0.25, 0.3) is 0 Å². The van der Waals surface area contributed by atoms with Crippen molar-refractivity contribution in [3.8, 4) is 0 Å². The molecule has 0 amide bonds. The van der Waals surface area contributed by atoms with Crippen molar-refractivity contribution < 1.29 is 435 Å². The Morgan fingerprint density at radius 1 is 0.188 bits per heavy atom. The molecule has 0 saturated heterocycles. The molecule has 65 nitrogen and oxygen atoms in total. The largest absolute Gasteiger partial charge is 0.490 e. The first kappa shape index (κ1) is 202. The van der Waals surface area contributed by atoms with Crippen LogP contribution in [0, 0.1) is 0 Å². The number of hydrogen-bond acceptors (Lipinski definition) is 33. The molecule has 112 heteroatoms. The molecule has 7 radical (unpaired) electrons. The van der Waals surface area contributed by atoms with Gasteiger partial charge in [0, 0.05) is 176 Å². The Labute approximate surface area is 852 Å². The summed E-state index contributed by atoms with van der Waals surface area (Å²) in [4.78, 5) is 252. The molecular weight excluding hydrogens is 2830 g/mol. The zero-order valence-corrected chi connectivity index (χ0v) is 111. The van der Waals surface area contributed by atoms with Crippen molar-refractivity contribution in [1.29, 1.82) is 0 Å². The smallest absolute Gasteiger partial charge is 0.412 e. The Kier molecular flexibility index (Phi) is 159. The summed E-state index contributed by atoms with van der Waals surface area (Å²) in [5.41, 5.74) is 0. The third-order valence-corrected chi connectivity index (χ3v) is 35.7. The van der Waals surface area contributed by atoms with Crippen LogP contribution >= 0.6 is 327 Å². The molecule has 0 aromatic carbocycles. The second-order valence-corrected chi connectivity index (χ2v) is 67.0. The molecule has 128 heavy (non-hydrogen) atoms. The molecule has 0 aromatic heterocycles. The third-order valence-electron chi connectivity index (χ3n) is 4.53. The fourth-order valence-electron chi connectivity index (χ4n) is 2.03. The van der Waals surface area contributed by atoms with E-state index in [1.807, 2.05) is 0 Å². The Morgan fingerprint density at radius 3 is 0.375 bits per heavy atom. The summed E-state index contributed by atoms with van der Waals surface area (Å²) >= 11 is 0. The molecule has 0 aliphatic heterocycles. The van der Waals surface area contributed by atoms with Crippen molar-refractivity contribution in [1.82, 2.24) is 0 Å². The number of phosphoric acid groups is 13. The van der Waals surface area contributed by atoms with Crippen molar-refractivity contribution in [3.63, 3.8) is 0 Å². The zero-order valence-electron chi connectivity index (χ0n) is 61.2. The first-order valence-corrected chi connectivity index (χ1v) is 84.7. The van der Waals surface area contributed by atoms with Gasteiger partial charge in [0.05, 0.1) is 0 Å². The topological polar surface area (TPSA) is 1130 Å². The normalized spacial score (nSPS) is 15.8. The molecule has 779 valence electrons. The summed E-state index contributed by atoms with van der Waals surface area (Å²) in [7, 11) is -63.6. The van der Waals surface area contributed by atoms with Gasteiger partial charge in [0.1, 0.15) is 0 Å². The van der Waals surface area contributed by atoms with Gasteiger partial charge in [-0.25, -0.2) is 85.2 Å². The molecule has 33 N–H and O–H groups in total. The van der Waals surface area contributed by atoms with Crippen LogP contribution in [0.5, 0.6) is 0 Å². The van der Waals surface area contributed by atoms with Crippen molar-refractivity contribution in [2.75, 3.05) is 0 Å². The predicted molar refractivity (Wildman–Crippen MR) is 504 cm³/mol. The second-order valence-electron chi connectivity index (χ2n) is 14.1. The minimum atomic E-state index is -5.70. The number of hydrogen-bond donors (Lipinski definition) is 31. The van der Waals surface area contributed by atoms with Crippen LogP contribution in [0.2, 0.25) is 0 Å². The summed E-state index contributed by atoms with van der Waals surface area (Å²) in [6, 6.07) is 0. The van der Waals surface area contributed by atoms with Crippen LogP contribution in [-0.4, -0.2) is 157 Å². The van der Waals surface area contributed by atoms with E-state index in [1.54, 1.807) is 0 Å². The zero-order chi connectivity index (χ0) is 102. The Hall–Kier alpha value is 13.3. The first-order valence-electron chi connectivity index (χ1n) is 23.3. The van der Waals surface area contributed by atoms with Crippen molar-refractivity contribution in [2.24, 2.45) is 0 Å². The maximum absolute atomic E-state index is 11.0. The summed E-state index contributed by atoms with van der Waals surface area (Å²) in [6.07, 6.45) is 0. The first-order chi connectivity index (χ1) is 52.1. The van der Waals surface area contributed by atoms with E-state index >= 15 is 0 Å². The van der Waals surface area contributed by atoms with Gasteiger partial charge in [-0.05, 0) is 0 Å². The standard InChI is InChI=1S/C4H9O8P3.C4H8O5P2.C2H8O12P4.C2H7O9P3.C2H6O6P2.C2H5O3P.H5O10P3.H4O7P2.H3O4P.H2O.H6P4.3H5P3.3H4P2.7V/c1-3-13(5,6)11-15(9,10)12-14(7,8)4-2;1-3-10(5,6)9-11(7,8)4-2;1-2-15(3,4)12-17(8,9)14-18(10,11)13-16(5,6)7;1-2-12(3,4)10-14(8,9)11-13(5,6)7;1-2-9(3,4)8-10(5,6)7;1-2-6(3,4)5;1-11(2,3)9-13(7,8)10-12(4,5)6;1-8(2,3)7-9(4,5)6;1-5(2,3)4;;1-3-4-2;3*1-3-2;3*1-2;;;;;;;/h3-4H,1-2H2,(H,5,6)(H,7,8)(H,9,10);3-4H,1-2H2,(H,5,6)(H,7,8);2H,1H2,(H,3,4)(H,8,9)(H,10,11)(H2,5,6,7);2H,1H2,(H,3,4)(H,8,9)(H2,5,6,7);2H,1H2,(H,3,4)(H2,5,6,7);2H,1H2,(H2,3,4,5);(H,7,8)(H2,1,2,3)(H2,4,5,6);(H2,1,2,3)(H2,4,5,6);(H3,1,2,3,4);1H2;3-4H,1-2H2;3*3H,1-2H2;3*1-2H2;;;;;;;. The maximum Gasteiger partial charge on any atom is 0.490 e. The Bertz CT molecular complexity index is 3890. The van der Waals surface area contributed by atoms with Gasteiger partial charge in [-0.3, -0.25) is 36.5 Å². The van der Waals surface area contributed by atoms with Crippen molar-refractivity contribution >= 4 is 327 Å². The van der Waals surface area contributed by atoms with E-state index in [4.69, 9.17) is 156 Å². The average molecular weight is 2920 g/mol. The van der Waals surface area contributed by atoms with E-state index in [9.17, 15) is 91.3 Å². The van der Waals surface area contributed by atoms with Crippen LogP contribution in [0.15, 0.2) is 99.2 Å². The van der Waals surface area contributed by atoms with Crippen LogP contribution in [-0.2, 0) is 277 Å². The van der Waals surface area contributed by atoms with E-state index in [0.717, 1.165) is 39.8 Å². The van der Waals surface area contributed by atoms with Gasteiger partial charge in [-0.1, -0.05) is 92.4 Å². The molecule has 0 saturated carbocycles. The summed E-state index contributed by atoms with van der Waals surface area (Å²) in [6.45, 7) is 22.9. The summed E-state index contributed by atoms with van der Waals surface area (Å²) < 4.78 is 257. The van der Waals surface area contributed by atoms with Gasteiger partial charge >= 0.3 is 162 Å². The van der Waals surface area contributed by atoms with Crippen LogP contribution in [0.4, 0.5) is 0 Å². The molecular formula is C16H90O65P40V7. The fourth-order valence-corrected chi connectivity index (χ4v) is 19.6. The van der Waals surface area contributed by atoms with E-state index in [-0.39, 0.29) is 141 Å². The summed E-state index contributed by atoms with van der Waals surface area (Å²) in [5.74, 6) is 3.44.